The quantitative estimate of drug-likeness (QED) is 0.630. The number of amides is 1. The van der Waals surface area contributed by atoms with Crippen molar-refractivity contribution in [2.45, 2.75) is 12.6 Å². The Hall–Kier alpha value is -2.87. The van der Waals surface area contributed by atoms with Crippen LogP contribution in [0.4, 0.5) is 24.7 Å². The number of nitrogens with one attached hydrogen (secondary N) is 2. The van der Waals surface area contributed by atoms with Crippen LogP contribution in [0.3, 0.4) is 0 Å². The maximum Gasteiger partial charge on any atom is 0.416 e. The number of benzene rings is 1. The van der Waals surface area contributed by atoms with Crippen molar-refractivity contribution in [3.05, 3.63) is 76.1 Å². The van der Waals surface area contributed by atoms with Gasteiger partial charge in [0.15, 0.2) is 0 Å². The lowest BCUT2D eigenvalue weighted by Crippen LogP contribution is -2.25. The van der Waals surface area contributed by atoms with E-state index >= 15 is 0 Å². The second-order valence-electron chi connectivity index (χ2n) is 5.72. The van der Waals surface area contributed by atoms with Crippen molar-refractivity contribution >= 4 is 28.7 Å². The molecule has 0 spiro atoms. The molecule has 2 heterocycles. The molecule has 2 aromatic heterocycles. The summed E-state index contributed by atoms with van der Waals surface area (Å²) in [5.74, 6) is 0.106. The number of rotatable bonds is 6. The highest BCUT2D eigenvalue weighted by molar-refractivity contribution is 7.09. The fraction of sp³-hybridized carbons (Fsp3) is 0.158. The number of carbonyl (C=O) groups is 1. The predicted octanol–water partition coefficient (Wildman–Crippen LogP) is 4.88. The number of halogens is 3. The minimum Gasteiger partial charge on any atom is -0.352 e. The second-order valence-corrected chi connectivity index (χ2v) is 6.75. The summed E-state index contributed by atoms with van der Waals surface area (Å²) in [5.41, 5.74) is -0.0875. The normalized spacial score (nSPS) is 11.2. The molecule has 2 N–H and O–H groups in total. The van der Waals surface area contributed by atoms with Gasteiger partial charge in [0.1, 0.15) is 5.82 Å². The fourth-order valence-corrected chi connectivity index (χ4v) is 3.09. The molecule has 0 atom stereocenters. The van der Waals surface area contributed by atoms with Gasteiger partial charge in [-0.15, -0.1) is 11.3 Å². The average Bonchev–Trinajstić information content (AvgIpc) is 3.15. The highest BCUT2D eigenvalue weighted by Crippen LogP contribution is 2.31. The Bertz CT molecular complexity index is 893. The molecule has 1 amide bonds. The third-order valence-electron chi connectivity index (χ3n) is 3.73. The largest absolute Gasteiger partial charge is 0.416 e. The SMILES string of the molecule is O=C(NCCc1cccs1)c1ccc(Nc2cccc(C(F)(F)F)c2)nc1. The van der Waals surface area contributed by atoms with Crippen molar-refractivity contribution < 1.29 is 18.0 Å². The summed E-state index contributed by atoms with van der Waals surface area (Å²) in [6, 6.07) is 11.9. The van der Waals surface area contributed by atoms with E-state index in [0.717, 1.165) is 18.6 Å². The lowest BCUT2D eigenvalue weighted by atomic mass is 10.2. The number of thiophene rings is 1. The number of nitrogens with zero attached hydrogens (tertiary/aromatic N) is 1. The van der Waals surface area contributed by atoms with Crippen molar-refractivity contribution in [1.82, 2.24) is 10.3 Å². The van der Waals surface area contributed by atoms with E-state index in [-0.39, 0.29) is 11.6 Å². The van der Waals surface area contributed by atoms with Crippen LogP contribution >= 0.6 is 11.3 Å². The van der Waals surface area contributed by atoms with Crippen LogP contribution in [-0.2, 0) is 12.6 Å². The van der Waals surface area contributed by atoms with Gasteiger partial charge >= 0.3 is 6.18 Å². The van der Waals surface area contributed by atoms with E-state index in [9.17, 15) is 18.0 Å². The molecular weight excluding hydrogens is 375 g/mol. The molecule has 0 unspecified atom stereocenters. The van der Waals surface area contributed by atoms with E-state index in [1.54, 1.807) is 23.5 Å². The summed E-state index contributed by atoms with van der Waals surface area (Å²) in [6.07, 6.45) is -2.27. The zero-order valence-corrected chi connectivity index (χ0v) is 14.9. The minimum absolute atomic E-state index is 0.246. The first-order valence-electron chi connectivity index (χ1n) is 8.13. The smallest absolute Gasteiger partial charge is 0.352 e. The Morgan fingerprint density at radius 1 is 1.11 bits per heavy atom. The van der Waals surface area contributed by atoms with E-state index in [0.29, 0.717) is 17.9 Å². The molecule has 3 rings (SSSR count). The van der Waals surface area contributed by atoms with Gasteiger partial charge in [0.25, 0.3) is 5.91 Å². The maximum absolute atomic E-state index is 12.8. The molecule has 0 saturated carbocycles. The number of alkyl halides is 3. The number of anilines is 2. The molecule has 4 nitrogen and oxygen atoms in total. The Balaban J connectivity index is 1.57. The van der Waals surface area contributed by atoms with Crippen LogP contribution in [0, 0.1) is 0 Å². The molecule has 0 bridgehead atoms. The van der Waals surface area contributed by atoms with Crippen LogP contribution in [0.2, 0.25) is 0 Å². The van der Waals surface area contributed by atoms with Gasteiger partial charge in [-0.3, -0.25) is 4.79 Å². The van der Waals surface area contributed by atoms with Gasteiger partial charge in [-0.25, -0.2) is 4.98 Å². The van der Waals surface area contributed by atoms with Crippen molar-refractivity contribution in [3.8, 4) is 0 Å². The van der Waals surface area contributed by atoms with E-state index < -0.39 is 11.7 Å². The molecule has 0 radical (unpaired) electrons. The van der Waals surface area contributed by atoms with Crippen LogP contribution in [0.25, 0.3) is 0 Å². The topological polar surface area (TPSA) is 54.0 Å². The third kappa shape index (κ3) is 5.30. The summed E-state index contributed by atoms with van der Waals surface area (Å²) in [4.78, 5) is 17.4. The van der Waals surface area contributed by atoms with Crippen molar-refractivity contribution in [2.24, 2.45) is 0 Å². The van der Waals surface area contributed by atoms with E-state index in [4.69, 9.17) is 0 Å². The molecule has 0 saturated heterocycles. The van der Waals surface area contributed by atoms with E-state index in [1.165, 1.54) is 23.2 Å². The number of hydrogen-bond acceptors (Lipinski definition) is 4. The maximum atomic E-state index is 12.8. The summed E-state index contributed by atoms with van der Waals surface area (Å²) in [7, 11) is 0. The molecule has 3 aromatic rings. The molecular formula is C19H16F3N3OS. The zero-order valence-electron chi connectivity index (χ0n) is 14.1. The van der Waals surface area contributed by atoms with Gasteiger partial charge in [0.2, 0.25) is 0 Å². The van der Waals surface area contributed by atoms with Crippen molar-refractivity contribution in [2.75, 3.05) is 11.9 Å². The van der Waals surface area contributed by atoms with Crippen LogP contribution in [0.1, 0.15) is 20.8 Å². The van der Waals surface area contributed by atoms with Crippen LogP contribution < -0.4 is 10.6 Å². The van der Waals surface area contributed by atoms with Crippen molar-refractivity contribution in [1.29, 1.82) is 0 Å². The zero-order chi connectivity index (χ0) is 19.3. The van der Waals surface area contributed by atoms with Gasteiger partial charge in [-0.1, -0.05) is 12.1 Å². The first kappa shape index (κ1) is 18.9. The number of pyridine rings is 1. The minimum atomic E-state index is -4.41. The van der Waals surface area contributed by atoms with E-state index in [1.807, 2.05) is 17.5 Å². The summed E-state index contributed by atoms with van der Waals surface area (Å²) in [6.45, 7) is 0.517. The highest BCUT2D eigenvalue weighted by Gasteiger charge is 2.30. The molecule has 140 valence electrons. The predicted molar refractivity (Wildman–Crippen MR) is 99.3 cm³/mol. The van der Waals surface area contributed by atoms with Gasteiger partial charge in [-0.2, -0.15) is 13.2 Å². The number of hydrogen-bond donors (Lipinski definition) is 2. The molecule has 0 aliphatic carbocycles. The van der Waals surface area contributed by atoms with Crippen molar-refractivity contribution in [3.63, 3.8) is 0 Å². The van der Waals surface area contributed by atoms with Crippen LogP contribution in [0.15, 0.2) is 60.1 Å². The molecule has 8 heteroatoms. The molecule has 0 fully saturated rings. The standard InChI is InChI=1S/C19H16F3N3OS/c20-19(21,22)14-3-1-4-15(11-14)25-17-7-6-13(12-24-17)18(26)23-9-8-16-5-2-10-27-16/h1-7,10-12H,8-9H2,(H,23,26)(H,24,25). The molecule has 27 heavy (non-hydrogen) atoms. The van der Waals surface area contributed by atoms with E-state index in [2.05, 4.69) is 15.6 Å². The lowest BCUT2D eigenvalue weighted by molar-refractivity contribution is -0.137. The van der Waals surface area contributed by atoms with Gasteiger partial charge in [0, 0.05) is 23.3 Å². The molecule has 0 aliphatic rings. The Labute approximate surface area is 158 Å². The average molecular weight is 391 g/mol. The fourth-order valence-electron chi connectivity index (χ4n) is 2.38. The Morgan fingerprint density at radius 2 is 1.96 bits per heavy atom. The summed E-state index contributed by atoms with van der Waals surface area (Å²) in [5, 5.41) is 7.60. The lowest BCUT2D eigenvalue weighted by Gasteiger charge is -2.10. The third-order valence-corrected chi connectivity index (χ3v) is 4.66. The first-order valence-corrected chi connectivity index (χ1v) is 9.01. The van der Waals surface area contributed by atoms with Gasteiger partial charge in [-0.05, 0) is 48.2 Å². The second kappa shape index (κ2) is 8.22. The molecule has 1 aromatic carbocycles. The summed E-state index contributed by atoms with van der Waals surface area (Å²) >= 11 is 1.63. The Kier molecular flexibility index (Phi) is 5.75. The van der Waals surface area contributed by atoms with Crippen LogP contribution in [-0.4, -0.2) is 17.4 Å². The highest BCUT2D eigenvalue weighted by atomic mass is 32.1. The Morgan fingerprint density at radius 3 is 2.63 bits per heavy atom. The first-order chi connectivity index (χ1) is 12.9. The summed E-state index contributed by atoms with van der Waals surface area (Å²) < 4.78 is 38.3. The van der Waals surface area contributed by atoms with Gasteiger partial charge in [0.05, 0.1) is 11.1 Å². The number of aromatic nitrogens is 1. The van der Waals surface area contributed by atoms with Crippen LogP contribution in [0.5, 0.6) is 0 Å². The molecule has 0 aliphatic heterocycles. The van der Waals surface area contributed by atoms with Gasteiger partial charge < -0.3 is 10.6 Å². The number of carbonyl (C=O) groups excluding carboxylic acids is 1. The monoisotopic (exact) mass is 391 g/mol.